The van der Waals surface area contributed by atoms with Crippen molar-refractivity contribution in [2.45, 2.75) is 25.9 Å². The van der Waals surface area contributed by atoms with Gasteiger partial charge in [-0.15, -0.1) is 11.6 Å². The number of aromatic nitrogens is 4. The molecule has 0 aliphatic carbocycles. The summed E-state index contributed by atoms with van der Waals surface area (Å²) in [6.07, 6.45) is 5.11. The van der Waals surface area contributed by atoms with Crippen LogP contribution in [0, 0.1) is 5.82 Å². The Labute approximate surface area is 143 Å². The number of imidazole rings is 1. The maximum atomic E-state index is 13.1. The van der Waals surface area contributed by atoms with E-state index in [1.165, 1.54) is 18.5 Å². The molecule has 0 spiro atoms. The van der Waals surface area contributed by atoms with E-state index in [0.29, 0.717) is 23.8 Å². The molecule has 2 heterocycles. The second-order valence-corrected chi connectivity index (χ2v) is 5.75. The third-order valence-corrected chi connectivity index (χ3v) is 3.92. The molecule has 3 rings (SSSR count). The van der Waals surface area contributed by atoms with Crippen molar-refractivity contribution < 1.29 is 9.50 Å². The molecular weight excluding hydrogens is 333 g/mol. The number of fused-ring (bicyclic) bond motifs is 1. The van der Waals surface area contributed by atoms with E-state index >= 15 is 0 Å². The van der Waals surface area contributed by atoms with E-state index in [0.717, 1.165) is 30.6 Å². The summed E-state index contributed by atoms with van der Waals surface area (Å²) in [5, 5.41) is 12.6. The molecule has 0 amide bonds. The molecule has 0 aliphatic rings. The number of nitrogens with zero attached hydrogens (tertiary/aromatic N) is 4. The van der Waals surface area contributed by atoms with Crippen LogP contribution in [0.1, 0.15) is 18.4 Å². The molecule has 0 atom stereocenters. The smallest absolute Gasteiger partial charge is 0.165 e. The van der Waals surface area contributed by atoms with Gasteiger partial charge in [-0.1, -0.05) is 6.07 Å². The Hall–Kier alpha value is -2.41. The standard InChI is InChI=1S/C16H17ClFN5O/c17-5-1-2-6-23-10-22-14-15(20-9-21-16(14)23)19-8-11-3-4-12(18)13(24)7-11/h3-4,7,9-10,24H,1-2,5-6,8H2,(H,19,20,21). The van der Waals surface area contributed by atoms with Crippen molar-refractivity contribution in [1.82, 2.24) is 19.5 Å². The average Bonchev–Trinajstić information content (AvgIpc) is 3.00. The molecule has 0 aliphatic heterocycles. The minimum atomic E-state index is -0.640. The second-order valence-electron chi connectivity index (χ2n) is 5.37. The SMILES string of the molecule is Oc1cc(CNc2ncnc3c2ncn3CCCCCl)ccc1F. The first-order valence-corrected chi connectivity index (χ1v) is 8.15. The number of aromatic hydroxyl groups is 1. The topological polar surface area (TPSA) is 75.9 Å². The monoisotopic (exact) mass is 349 g/mol. The first kappa shape index (κ1) is 16.4. The molecule has 2 aromatic heterocycles. The highest BCUT2D eigenvalue weighted by Gasteiger charge is 2.10. The molecule has 0 fully saturated rings. The average molecular weight is 350 g/mol. The lowest BCUT2D eigenvalue weighted by molar-refractivity contribution is 0.431. The van der Waals surface area contributed by atoms with Crippen molar-refractivity contribution in [1.29, 1.82) is 0 Å². The maximum Gasteiger partial charge on any atom is 0.165 e. The molecule has 0 saturated heterocycles. The summed E-state index contributed by atoms with van der Waals surface area (Å²) in [5.74, 6) is 0.225. The Bertz CT molecular complexity index is 838. The van der Waals surface area contributed by atoms with Gasteiger partial charge in [0.05, 0.1) is 6.33 Å². The first-order valence-electron chi connectivity index (χ1n) is 7.62. The molecule has 8 heteroatoms. The number of aryl methyl sites for hydroxylation is 1. The number of hydrogen-bond donors (Lipinski definition) is 2. The van der Waals surface area contributed by atoms with Crippen molar-refractivity contribution in [3.63, 3.8) is 0 Å². The summed E-state index contributed by atoms with van der Waals surface area (Å²) >= 11 is 5.70. The zero-order chi connectivity index (χ0) is 16.9. The second kappa shape index (κ2) is 7.44. The van der Waals surface area contributed by atoms with Crippen LogP contribution in [0.15, 0.2) is 30.9 Å². The molecule has 0 bridgehead atoms. The van der Waals surface area contributed by atoms with E-state index in [-0.39, 0.29) is 5.75 Å². The fourth-order valence-corrected chi connectivity index (χ4v) is 2.59. The Balaban J connectivity index is 1.76. The van der Waals surface area contributed by atoms with E-state index in [1.807, 2.05) is 4.57 Å². The molecule has 1 aromatic carbocycles. The highest BCUT2D eigenvalue weighted by atomic mass is 35.5. The van der Waals surface area contributed by atoms with Crippen LogP contribution in [0.4, 0.5) is 10.2 Å². The maximum absolute atomic E-state index is 13.1. The number of nitrogens with one attached hydrogen (secondary N) is 1. The fraction of sp³-hybridized carbons (Fsp3) is 0.312. The summed E-state index contributed by atoms with van der Waals surface area (Å²) in [6, 6.07) is 4.21. The van der Waals surface area contributed by atoms with Gasteiger partial charge in [0.15, 0.2) is 23.0 Å². The molecule has 2 N–H and O–H groups in total. The van der Waals surface area contributed by atoms with Crippen LogP contribution < -0.4 is 5.32 Å². The molecule has 126 valence electrons. The van der Waals surface area contributed by atoms with Crippen LogP contribution >= 0.6 is 11.6 Å². The van der Waals surface area contributed by atoms with Crippen LogP contribution in [0.2, 0.25) is 0 Å². The molecule has 0 unspecified atom stereocenters. The number of phenols is 1. The Kier molecular flexibility index (Phi) is 5.10. The van der Waals surface area contributed by atoms with Gasteiger partial charge in [0.1, 0.15) is 11.8 Å². The molecule has 24 heavy (non-hydrogen) atoms. The number of unbranched alkanes of at least 4 members (excludes halogenated alkanes) is 1. The van der Waals surface area contributed by atoms with E-state index < -0.39 is 5.82 Å². The van der Waals surface area contributed by atoms with Crippen molar-refractivity contribution >= 4 is 28.6 Å². The lowest BCUT2D eigenvalue weighted by Crippen LogP contribution is -2.04. The lowest BCUT2D eigenvalue weighted by atomic mass is 10.2. The van der Waals surface area contributed by atoms with Gasteiger partial charge in [0.25, 0.3) is 0 Å². The molecule has 0 saturated carbocycles. The Morgan fingerprint density at radius 3 is 2.88 bits per heavy atom. The third kappa shape index (κ3) is 3.56. The Morgan fingerprint density at radius 2 is 2.08 bits per heavy atom. The number of benzene rings is 1. The van der Waals surface area contributed by atoms with Gasteiger partial charge >= 0.3 is 0 Å². The van der Waals surface area contributed by atoms with Gasteiger partial charge in [-0.05, 0) is 30.5 Å². The summed E-state index contributed by atoms with van der Waals surface area (Å²) in [5.41, 5.74) is 2.17. The molecular formula is C16H17ClFN5O. The van der Waals surface area contributed by atoms with E-state index in [1.54, 1.807) is 12.4 Å². The largest absolute Gasteiger partial charge is 0.505 e. The van der Waals surface area contributed by atoms with Crippen molar-refractivity contribution in [3.05, 3.63) is 42.2 Å². The summed E-state index contributed by atoms with van der Waals surface area (Å²) in [7, 11) is 0. The normalized spacial score (nSPS) is 11.1. The van der Waals surface area contributed by atoms with Gasteiger partial charge in [0.2, 0.25) is 0 Å². The van der Waals surface area contributed by atoms with Crippen molar-refractivity contribution in [2.75, 3.05) is 11.2 Å². The quantitative estimate of drug-likeness (QED) is 0.505. The van der Waals surface area contributed by atoms with Crippen LogP contribution in [0.3, 0.4) is 0 Å². The summed E-state index contributed by atoms with van der Waals surface area (Å²) in [6.45, 7) is 1.19. The third-order valence-electron chi connectivity index (χ3n) is 3.65. The van der Waals surface area contributed by atoms with E-state index in [9.17, 15) is 9.50 Å². The Morgan fingerprint density at radius 1 is 1.21 bits per heavy atom. The van der Waals surface area contributed by atoms with Gasteiger partial charge in [-0.25, -0.2) is 19.3 Å². The van der Waals surface area contributed by atoms with Crippen LogP contribution in [0.5, 0.6) is 5.75 Å². The molecule has 3 aromatic rings. The fourth-order valence-electron chi connectivity index (χ4n) is 2.40. The molecule has 6 nitrogen and oxygen atoms in total. The van der Waals surface area contributed by atoms with E-state index in [4.69, 9.17) is 11.6 Å². The predicted octanol–water partition coefficient (Wildman–Crippen LogP) is 3.30. The van der Waals surface area contributed by atoms with Crippen molar-refractivity contribution in [2.24, 2.45) is 0 Å². The summed E-state index contributed by atoms with van der Waals surface area (Å²) in [4.78, 5) is 12.9. The van der Waals surface area contributed by atoms with Crippen LogP contribution in [0.25, 0.3) is 11.2 Å². The number of hydrogen-bond acceptors (Lipinski definition) is 5. The number of rotatable bonds is 7. The van der Waals surface area contributed by atoms with Crippen molar-refractivity contribution in [3.8, 4) is 5.75 Å². The summed E-state index contributed by atoms with van der Waals surface area (Å²) < 4.78 is 15.1. The zero-order valence-corrected chi connectivity index (χ0v) is 13.7. The zero-order valence-electron chi connectivity index (χ0n) is 12.9. The van der Waals surface area contributed by atoms with Gasteiger partial charge in [0, 0.05) is 19.0 Å². The minimum Gasteiger partial charge on any atom is -0.505 e. The first-order chi connectivity index (χ1) is 11.7. The van der Waals surface area contributed by atoms with E-state index in [2.05, 4.69) is 20.3 Å². The van der Waals surface area contributed by atoms with Crippen LogP contribution in [-0.2, 0) is 13.1 Å². The van der Waals surface area contributed by atoms with Crippen LogP contribution in [-0.4, -0.2) is 30.5 Å². The number of alkyl halides is 1. The predicted molar refractivity (Wildman–Crippen MR) is 90.7 cm³/mol. The highest BCUT2D eigenvalue weighted by Crippen LogP contribution is 2.20. The molecule has 0 radical (unpaired) electrons. The van der Waals surface area contributed by atoms with Gasteiger partial charge in [-0.2, -0.15) is 0 Å². The van der Waals surface area contributed by atoms with Gasteiger partial charge in [-0.3, -0.25) is 0 Å². The lowest BCUT2D eigenvalue weighted by Gasteiger charge is -2.07. The number of halogens is 2. The van der Waals surface area contributed by atoms with Gasteiger partial charge < -0.3 is 15.0 Å². The number of phenolic OH excluding ortho intramolecular Hbond substituents is 1. The highest BCUT2D eigenvalue weighted by molar-refractivity contribution is 6.17. The minimum absolute atomic E-state index is 0.370. The number of anilines is 1.